The number of benzene rings is 2. The quantitative estimate of drug-likeness (QED) is 0.701. The molecule has 7 heteroatoms. The van der Waals surface area contributed by atoms with E-state index in [4.69, 9.17) is 4.74 Å². The first kappa shape index (κ1) is 18.2. The second-order valence-corrected chi connectivity index (χ2v) is 5.94. The van der Waals surface area contributed by atoms with Gasteiger partial charge in [-0.05, 0) is 30.7 Å². The summed E-state index contributed by atoms with van der Waals surface area (Å²) >= 11 is 0. The lowest BCUT2D eigenvalue weighted by molar-refractivity contribution is -0.116. The fourth-order valence-corrected chi connectivity index (χ4v) is 2.71. The van der Waals surface area contributed by atoms with Crippen molar-refractivity contribution in [3.63, 3.8) is 0 Å². The minimum atomic E-state index is -0.789. The molecule has 0 aliphatic heterocycles. The zero-order valence-electron chi connectivity index (χ0n) is 15.0. The predicted octanol–water partition coefficient (Wildman–Crippen LogP) is 1.95. The van der Waals surface area contributed by atoms with Gasteiger partial charge in [-0.2, -0.15) is 0 Å². The number of aromatic nitrogens is 2. The Bertz CT molecular complexity index is 1100. The molecule has 0 saturated heterocycles. The number of anilines is 1. The van der Waals surface area contributed by atoms with Gasteiger partial charge >= 0.3 is 11.1 Å². The van der Waals surface area contributed by atoms with Crippen molar-refractivity contribution in [1.82, 2.24) is 9.13 Å². The summed E-state index contributed by atoms with van der Waals surface area (Å²) in [5.74, 6) is 0.0786. The summed E-state index contributed by atoms with van der Waals surface area (Å²) in [6.45, 7) is 1.62. The molecule has 0 radical (unpaired) electrons. The molecular weight excluding hydrogens is 346 g/mol. The maximum absolute atomic E-state index is 12.5. The van der Waals surface area contributed by atoms with Crippen molar-refractivity contribution in [2.24, 2.45) is 0 Å². The fourth-order valence-electron chi connectivity index (χ4n) is 2.71. The van der Waals surface area contributed by atoms with E-state index >= 15 is 0 Å². The highest BCUT2D eigenvalue weighted by Gasteiger charge is 2.12. The molecule has 0 unspecified atom stereocenters. The topological polar surface area (TPSA) is 82.3 Å². The van der Waals surface area contributed by atoms with Crippen molar-refractivity contribution in [2.45, 2.75) is 13.5 Å². The summed E-state index contributed by atoms with van der Waals surface area (Å²) in [5.41, 5.74) is 0.482. The number of ether oxygens (including phenoxy) is 1. The predicted molar refractivity (Wildman–Crippen MR) is 103 cm³/mol. The van der Waals surface area contributed by atoms with Crippen LogP contribution in [0.25, 0.3) is 5.69 Å². The molecule has 0 spiro atoms. The standard InChI is InChI=1S/C20H19N3O4/c1-14-7-3-4-8-15(14)21-18(24)13-22-11-12-23(20(26)19(22)25)16-9-5-6-10-17(16)27-2/h3-12H,13H2,1-2H3,(H,21,24). The third kappa shape index (κ3) is 3.82. The van der Waals surface area contributed by atoms with E-state index in [9.17, 15) is 14.4 Å². The molecule has 0 aliphatic carbocycles. The molecule has 1 amide bonds. The summed E-state index contributed by atoms with van der Waals surface area (Å²) in [4.78, 5) is 37.2. The molecule has 0 aliphatic rings. The van der Waals surface area contributed by atoms with Crippen molar-refractivity contribution in [1.29, 1.82) is 0 Å². The van der Waals surface area contributed by atoms with Crippen molar-refractivity contribution >= 4 is 11.6 Å². The van der Waals surface area contributed by atoms with E-state index in [1.807, 2.05) is 25.1 Å². The van der Waals surface area contributed by atoms with E-state index in [0.717, 1.165) is 10.1 Å². The van der Waals surface area contributed by atoms with Gasteiger partial charge in [-0.3, -0.25) is 23.5 Å². The Hall–Kier alpha value is -3.61. The molecule has 27 heavy (non-hydrogen) atoms. The molecule has 1 heterocycles. The van der Waals surface area contributed by atoms with E-state index in [0.29, 0.717) is 17.1 Å². The average molecular weight is 365 g/mol. The molecule has 0 saturated carbocycles. The van der Waals surface area contributed by atoms with Crippen LogP contribution in [0.3, 0.4) is 0 Å². The third-order valence-electron chi connectivity index (χ3n) is 4.14. The highest BCUT2D eigenvalue weighted by Crippen LogP contribution is 2.19. The average Bonchev–Trinajstić information content (AvgIpc) is 2.67. The molecular formula is C20H19N3O4. The fraction of sp³-hybridized carbons (Fsp3) is 0.150. The summed E-state index contributed by atoms with van der Waals surface area (Å²) in [5, 5.41) is 2.74. The van der Waals surface area contributed by atoms with Gasteiger partial charge in [-0.15, -0.1) is 0 Å². The van der Waals surface area contributed by atoms with E-state index in [2.05, 4.69) is 5.32 Å². The molecule has 1 aromatic heterocycles. The molecule has 0 fully saturated rings. The van der Waals surface area contributed by atoms with E-state index in [1.54, 1.807) is 30.3 Å². The van der Waals surface area contributed by atoms with Gasteiger partial charge in [0.2, 0.25) is 5.91 Å². The van der Waals surface area contributed by atoms with Crippen LogP contribution in [-0.2, 0) is 11.3 Å². The van der Waals surface area contributed by atoms with Crippen molar-refractivity contribution in [3.8, 4) is 11.4 Å². The van der Waals surface area contributed by atoms with Crippen LogP contribution in [0.1, 0.15) is 5.56 Å². The highest BCUT2D eigenvalue weighted by atomic mass is 16.5. The minimum absolute atomic E-state index is 0.255. The van der Waals surface area contributed by atoms with Crippen LogP contribution in [0, 0.1) is 6.92 Å². The number of nitrogens with zero attached hydrogens (tertiary/aromatic N) is 2. The van der Waals surface area contributed by atoms with Gasteiger partial charge in [-0.1, -0.05) is 30.3 Å². The summed E-state index contributed by atoms with van der Waals surface area (Å²) in [7, 11) is 1.49. The summed E-state index contributed by atoms with van der Waals surface area (Å²) < 4.78 is 7.52. The lowest BCUT2D eigenvalue weighted by atomic mass is 10.2. The lowest BCUT2D eigenvalue weighted by Crippen LogP contribution is -2.41. The van der Waals surface area contributed by atoms with Crippen LogP contribution in [0.5, 0.6) is 5.75 Å². The van der Waals surface area contributed by atoms with Crippen LogP contribution in [0.15, 0.2) is 70.5 Å². The minimum Gasteiger partial charge on any atom is -0.495 e. The maximum Gasteiger partial charge on any atom is 0.321 e. The van der Waals surface area contributed by atoms with Gasteiger partial charge in [0.15, 0.2) is 0 Å². The zero-order valence-corrected chi connectivity index (χ0v) is 15.0. The Morgan fingerprint density at radius 3 is 2.44 bits per heavy atom. The van der Waals surface area contributed by atoms with Crippen molar-refractivity contribution < 1.29 is 9.53 Å². The van der Waals surface area contributed by atoms with Gasteiger partial charge in [0.25, 0.3) is 0 Å². The molecule has 138 valence electrons. The van der Waals surface area contributed by atoms with Crippen LogP contribution in [-0.4, -0.2) is 22.2 Å². The normalized spacial score (nSPS) is 10.4. The van der Waals surface area contributed by atoms with E-state index in [1.165, 1.54) is 24.1 Å². The van der Waals surface area contributed by atoms with Crippen LogP contribution >= 0.6 is 0 Å². The Morgan fingerprint density at radius 2 is 1.70 bits per heavy atom. The summed E-state index contributed by atoms with van der Waals surface area (Å²) in [6.07, 6.45) is 2.86. The number of carbonyl (C=O) groups excluding carboxylic acids is 1. The van der Waals surface area contributed by atoms with Gasteiger partial charge in [0.05, 0.1) is 12.8 Å². The monoisotopic (exact) mass is 365 g/mol. The number of hydrogen-bond acceptors (Lipinski definition) is 4. The lowest BCUT2D eigenvalue weighted by Gasteiger charge is -2.12. The SMILES string of the molecule is COc1ccccc1-n1ccn(CC(=O)Nc2ccccc2C)c(=O)c1=O. The van der Waals surface area contributed by atoms with Crippen molar-refractivity contribution in [3.05, 3.63) is 87.2 Å². The maximum atomic E-state index is 12.5. The molecule has 2 aromatic carbocycles. The Balaban J connectivity index is 1.88. The van der Waals surface area contributed by atoms with Gasteiger partial charge in [0, 0.05) is 18.1 Å². The molecule has 3 aromatic rings. The number of amides is 1. The number of carbonyl (C=O) groups is 1. The molecule has 0 atom stereocenters. The van der Waals surface area contributed by atoms with Crippen molar-refractivity contribution in [2.75, 3.05) is 12.4 Å². The highest BCUT2D eigenvalue weighted by molar-refractivity contribution is 5.91. The first-order chi connectivity index (χ1) is 13.0. The van der Waals surface area contributed by atoms with E-state index < -0.39 is 11.1 Å². The first-order valence-electron chi connectivity index (χ1n) is 8.32. The van der Waals surface area contributed by atoms with E-state index in [-0.39, 0.29) is 12.5 Å². The number of aryl methyl sites for hydroxylation is 1. The molecule has 1 N–H and O–H groups in total. The first-order valence-corrected chi connectivity index (χ1v) is 8.32. The van der Waals surface area contributed by atoms with Gasteiger partial charge < -0.3 is 10.1 Å². The number of para-hydroxylation sites is 3. The second-order valence-electron chi connectivity index (χ2n) is 5.94. The molecule has 7 nitrogen and oxygen atoms in total. The molecule has 3 rings (SSSR count). The largest absolute Gasteiger partial charge is 0.495 e. The van der Waals surface area contributed by atoms with Gasteiger partial charge in [-0.25, -0.2) is 0 Å². The number of rotatable bonds is 5. The summed E-state index contributed by atoms with van der Waals surface area (Å²) in [6, 6.07) is 14.2. The number of hydrogen-bond donors (Lipinski definition) is 1. The zero-order chi connectivity index (χ0) is 19.4. The Morgan fingerprint density at radius 1 is 1.00 bits per heavy atom. The third-order valence-corrected chi connectivity index (χ3v) is 4.14. The van der Waals surface area contributed by atoms with Crippen LogP contribution < -0.4 is 21.2 Å². The van der Waals surface area contributed by atoms with Crippen LogP contribution in [0.2, 0.25) is 0 Å². The Kier molecular flexibility index (Phi) is 5.21. The smallest absolute Gasteiger partial charge is 0.321 e. The number of methoxy groups -OCH3 is 1. The Labute approximate surface area is 155 Å². The number of nitrogens with one attached hydrogen (secondary N) is 1. The van der Waals surface area contributed by atoms with Crippen LogP contribution in [0.4, 0.5) is 5.69 Å². The second kappa shape index (κ2) is 7.74. The van der Waals surface area contributed by atoms with Gasteiger partial charge in [0.1, 0.15) is 12.3 Å². The molecule has 0 bridgehead atoms.